The molecule has 0 amide bonds. The fourth-order valence-electron chi connectivity index (χ4n) is 3.08. The van der Waals surface area contributed by atoms with Gasteiger partial charge in [0.15, 0.2) is 9.47 Å². The molecule has 1 unspecified atom stereocenters. The van der Waals surface area contributed by atoms with Crippen molar-refractivity contribution in [2.24, 2.45) is 0 Å². The van der Waals surface area contributed by atoms with Crippen molar-refractivity contribution in [1.82, 2.24) is 14.3 Å². The summed E-state index contributed by atoms with van der Waals surface area (Å²) in [6, 6.07) is 3.87. The number of nitrogens with one attached hydrogen (secondary N) is 1. The van der Waals surface area contributed by atoms with Gasteiger partial charge in [0.25, 0.3) is 0 Å². The van der Waals surface area contributed by atoms with E-state index >= 15 is 0 Å². The van der Waals surface area contributed by atoms with Gasteiger partial charge in [0.05, 0.1) is 20.4 Å². The summed E-state index contributed by atoms with van der Waals surface area (Å²) in [5.74, 6) is 0. The molecule has 1 aromatic carbocycles. The Morgan fingerprint density at radius 1 is 1.20 bits per heavy atom. The van der Waals surface area contributed by atoms with Crippen LogP contribution in [-0.2, 0) is 10.2 Å². The van der Waals surface area contributed by atoms with Gasteiger partial charge in [0.2, 0.25) is 0 Å². The summed E-state index contributed by atoms with van der Waals surface area (Å²) < 4.78 is 32.7. The summed E-state index contributed by atoms with van der Waals surface area (Å²) in [6.07, 6.45) is 4.89. The molecule has 3 heterocycles. The van der Waals surface area contributed by atoms with Crippen LogP contribution in [-0.4, -0.2) is 41.5 Å². The lowest BCUT2D eigenvalue weighted by atomic mass is 10.1. The fraction of sp³-hybridized carbons (Fsp3) is 0.467. The molecule has 1 N–H and O–H groups in total. The zero-order valence-electron chi connectivity index (χ0n) is 13.9. The van der Waals surface area contributed by atoms with Gasteiger partial charge in [-0.2, -0.15) is 12.7 Å². The van der Waals surface area contributed by atoms with Gasteiger partial charge in [-0.05, 0) is 38.2 Å². The summed E-state index contributed by atoms with van der Waals surface area (Å²) >= 11 is 4.61. The summed E-state index contributed by atoms with van der Waals surface area (Å²) in [5, 5.41) is 0.416. The third kappa shape index (κ3) is 3.25. The van der Waals surface area contributed by atoms with Crippen LogP contribution in [0.25, 0.3) is 20.4 Å². The van der Waals surface area contributed by atoms with E-state index in [1.165, 1.54) is 11.3 Å². The minimum atomic E-state index is -3.57. The van der Waals surface area contributed by atoms with E-state index in [1.807, 2.05) is 25.3 Å². The number of piperidine rings is 1. The van der Waals surface area contributed by atoms with Crippen molar-refractivity contribution in [2.75, 3.05) is 17.5 Å². The Bertz CT molecular complexity index is 1030. The normalized spacial score (nSPS) is 19.7. The van der Waals surface area contributed by atoms with Crippen molar-refractivity contribution >= 4 is 70.2 Å². The Balaban J connectivity index is 1.69. The first-order valence-corrected chi connectivity index (χ1v) is 12.3. The van der Waals surface area contributed by atoms with Crippen LogP contribution in [0.4, 0.5) is 5.13 Å². The van der Waals surface area contributed by atoms with E-state index < -0.39 is 10.2 Å². The number of benzene rings is 1. The third-order valence-electron chi connectivity index (χ3n) is 4.33. The predicted octanol–water partition coefficient (Wildman–Crippen LogP) is 4.16. The van der Waals surface area contributed by atoms with Crippen LogP contribution in [0, 0.1) is 0 Å². The Morgan fingerprint density at radius 2 is 1.92 bits per heavy atom. The van der Waals surface area contributed by atoms with Gasteiger partial charge < -0.3 is 0 Å². The van der Waals surface area contributed by atoms with E-state index in [0.29, 0.717) is 11.7 Å². The number of thiazole rings is 2. The Labute approximate surface area is 158 Å². The molecule has 25 heavy (non-hydrogen) atoms. The quantitative estimate of drug-likeness (QED) is 0.649. The van der Waals surface area contributed by atoms with Crippen molar-refractivity contribution in [2.45, 2.75) is 36.6 Å². The van der Waals surface area contributed by atoms with Gasteiger partial charge in [-0.25, -0.2) is 14.7 Å². The lowest BCUT2D eigenvalue weighted by Crippen LogP contribution is -2.44. The predicted molar refractivity (Wildman–Crippen MR) is 107 cm³/mol. The molecule has 1 saturated heterocycles. The van der Waals surface area contributed by atoms with Crippen molar-refractivity contribution < 1.29 is 8.42 Å². The SMILES string of the molecule is CSc1nc2ccc3nc(NS(=O)(=O)N4CCCCC4C)sc3c2s1. The molecule has 1 atom stereocenters. The molecular weight excluding hydrogens is 396 g/mol. The van der Waals surface area contributed by atoms with Gasteiger partial charge in [-0.3, -0.25) is 0 Å². The molecule has 0 radical (unpaired) electrons. The minimum absolute atomic E-state index is 0.0259. The van der Waals surface area contributed by atoms with Crippen molar-refractivity contribution in [3.05, 3.63) is 12.1 Å². The molecule has 6 nitrogen and oxygen atoms in total. The van der Waals surface area contributed by atoms with Crippen LogP contribution in [0.5, 0.6) is 0 Å². The van der Waals surface area contributed by atoms with Crippen molar-refractivity contribution in [3.63, 3.8) is 0 Å². The summed E-state index contributed by atoms with van der Waals surface area (Å²) in [7, 11) is -3.57. The second-order valence-corrected chi connectivity index (χ2v) is 10.7. The van der Waals surface area contributed by atoms with Crippen LogP contribution in [0.2, 0.25) is 0 Å². The van der Waals surface area contributed by atoms with E-state index in [-0.39, 0.29) is 6.04 Å². The van der Waals surface area contributed by atoms with E-state index in [9.17, 15) is 8.42 Å². The van der Waals surface area contributed by atoms with E-state index in [0.717, 1.165) is 44.0 Å². The molecule has 0 aliphatic carbocycles. The molecule has 2 aromatic heterocycles. The van der Waals surface area contributed by atoms with Crippen LogP contribution in [0.15, 0.2) is 16.5 Å². The molecule has 0 bridgehead atoms. The first-order chi connectivity index (χ1) is 12.0. The molecular formula is C15H18N4O2S4. The Morgan fingerprint density at radius 3 is 2.64 bits per heavy atom. The highest BCUT2D eigenvalue weighted by molar-refractivity contribution is 8.00. The highest BCUT2D eigenvalue weighted by Gasteiger charge is 2.30. The van der Waals surface area contributed by atoms with Gasteiger partial charge in [0.1, 0.15) is 0 Å². The molecule has 1 aliphatic heterocycles. The standard InChI is InChI=1S/C15H18N4O2S4/c1-9-5-3-4-8-19(9)25(20,21)18-14-16-10-6-7-11-13(12(10)23-14)24-15(17-11)22-2/h6-7,9H,3-5,8H2,1-2H3,(H,16,18). The molecule has 0 saturated carbocycles. The molecule has 0 spiro atoms. The summed E-state index contributed by atoms with van der Waals surface area (Å²) in [5.41, 5.74) is 1.74. The van der Waals surface area contributed by atoms with Crippen LogP contribution in [0.3, 0.4) is 0 Å². The number of aromatic nitrogens is 2. The maximum atomic E-state index is 12.7. The number of nitrogens with zero attached hydrogens (tertiary/aromatic N) is 3. The number of thioether (sulfide) groups is 1. The summed E-state index contributed by atoms with van der Waals surface area (Å²) in [6.45, 7) is 2.53. The number of hydrogen-bond donors (Lipinski definition) is 1. The monoisotopic (exact) mass is 414 g/mol. The Hall–Kier alpha value is -0.940. The lowest BCUT2D eigenvalue weighted by molar-refractivity contribution is 0.270. The highest BCUT2D eigenvalue weighted by Crippen LogP contribution is 2.38. The lowest BCUT2D eigenvalue weighted by Gasteiger charge is -2.31. The second-order valence-electron chi connectivity index (χ2n) is 6.03. The van der Waals surface area contributed by atoms with Crippen LogP contribution in [0.1, 0.15) is 26.2 Å². The van der Waals surface area contributed by atoms with Crippen LogP contribution >= 0.6 is 34.4 Å². The third-order valence-corrected chi connectivity index (χ3v) is 9.28. The van der Waals surface area contributed by atoms with Gasteiger partial charge in [-0.1, -0.05) is 29.5 Å². The average molecular weight is 415 g/mol. The topological polar surface area (TPSA) is 75.2 Å². The van der Waals surface area contributed by atoms with Gasteiger partial charge >= 0.3 is 10.2 Å². The van der Waals surface area contributed by atoms with Gasteiger partial charge in [-0.15, -0.1) is 11.3 Å². The van der Waals surface area contributed by atoms with E-state index in [4.69, 9.17) is 0 Å². The first-order valence-electron chi connectivity index (χ1n) is 8.01. The zero-order valence-corrected chi connectivity index (χ0v) is 17.1. The molecule has 134 valence electrons. The second kappa shape index (κ2) is 6.66. The number of fused-ring (bicyclic) bond motifs is 3. The maximum Gasteiger partial charge on any atom is 0.303 e. The van der Waals surface area contributed by atoms with E-state index in [2.05, 4.69) is 14.7 Å². The van der Waals surface area contributed by atoms with E-state index in [1.54, 1.807) is 27.4 Å². The van der Waals surface area contributed by atoms with Crippen LogP contribution < -0.4 is 4.72 Å². The largest absolute Gasteiger partial charge is 0.303 e. The van der Waals surface area contributed by atoms with Crippen molar-refractivity contribution in [3.8, 4) is 0 Å². The Kier molecular flexibility index (Phi) is 4.65. The number of anilines is 1. The fourth-order valence-corrected chi connectivity index (χ4v) is 7.41. The average Bonchev–Trinajstić information content (AvgIpc) is 3.16. The van der Waals surface area contributed by atoms with Gasteiger partial charge in [0, 0.05) is 12.6 Å². The highest BCUT2D eigenvalue weighted by atomic mass is 32.2. The molecule has 10 heteroatoms. The molecule has 1 aliphatic rings. The first kappa shape index (κ1) is 17.5. The number of rotatable bonds is 4. The minimum Gasteiger partial charge on any atom is -0.246 e. The molecule has 3 aromatic rings. The maximum absolute atomic E-state index is 12.7. The molecule has 4 rings (SSSR count). The number of hydrogen-bond acceptors (Lipinski definition) is 7. The smallest absolute Gasteiger partial charge is 0.246 e. The zero-order chi connectivity index (χ0) is 17.6. The molecule has 1 fully saturated rings. The summed E-state index contributed by atoms with van der Waals surface area (Å²) in [4.78, 5) is 9.04. The van der Waals surface area contributed by atoms with Crippen molar-refractivity contribution in [1.29, 1.82) is 0 Å².